The summed E-state index contributed by atoms with van der Waals surface area (Å²) in [5, 5.41) is 6.55. The normalized spacial score (nSPS) is 10.8. The minimum absolute atomic E-state index is 0.853. The number of nitrogens with one attached hydrogen (secondary N) is 2. The fourth-order valence-corrected chi connectivity index (χ4v) is 2.67. The lowest BCUT2D eigenvalue weighted by molar-refractivity contribution is -0.826. The molecule has 0 atom stereocenters. The number of rotatable bonds is 5. The number of aromatic amines is 2. The summed E-state index contributed by atoms with van der Waals surface area (Å²) in [6.45, 7) is 1.71. The van der Waals surface area contributed by atoms with E-state index < -0.39 is 0 Å². The quantitative estimate of drug-likeness (QED) is 0.551. The lowest BCUT2D eigenvalue weighted by atomic mass is 10.1. The number of hydrogen-bond donors (Lipinski definition) is 2. The highest BCUT2D eigenvalue weighted by atomic mass is 15.3. The number of pyridine rings is 2. The maximum atomic E-state index is 4.05. The number of hydrogen-bond acceptors (Lipinski definition) is 2. The van der Waals surface area contributed by atoms with Gasteiger partial charge < -0.3 is 0 Å². The van der Waals surface area contributed by atoms with Gasteiger partial charge in [-0.3, -0.25) is 9.97 Å². The van der Waals surface area contributed by atoms with Crippen molar-refractivity contribution < 1.29 is 9.36 Å². The van der Waals surface area contributed by atoms with Crippen LogP contribution in [0.1, 0.15) is 0 Å². The Balaban J connectivity index is 1.43. The Labute approximate surface area is 139 Å². The molecule has 118 valence electrons. The molecule has 4 heterocycles. The Morgan fingerprint density at radius 2 is 1.04 bits per heavy atom. The molecule has 2 N–H and O–H groups in total. The van der Waals surface area contributed by atoms with Gasteiger partial charge in [0.25, 0.3) is 0 Å². The van der Waals surface area contributed by atoms with Crippen LogP contribution in [-0.2, 0) is 13.1 Å². The highest BCUT2D eigenvalue weighted by Gasteiger charge is 2.13. The van der Waals surface area contributed by atoms with E-state index in [0.29, 0.717) is 0 Å². The molecule has 0 bridgehead atoms. The summed E-state index contributed by atoms with van der Waals surface area (Å²) in [6, 6.07) is 8.03. The number of nitrogens with zero attached hydrogens (tertiary/aromatic N) is 4. The van der Waals surface area contributed by atoms with Crippen molar-refractivity contribution in [3.05, 3.63) is 73.8 Å². The first kappa shape index (κ1) is 14.3. The first-order valence-corrected chi connectivity index (χ1v) is 7.85. The van der Waals surface area contributed by atoms with Gasteiger partial charge >= 0.3 is 0 Å². The van der Waals surface area contributed by atoms with Crippen LogP contribution < -0.4 is 9.36 Å². The van der Waals surface area contributed by atoms with E-state index >= 15 is 0 Å². The molecular formula is C18H18N6+2. The van der Waals surface area contributed by atoms with E-state index in [2.05, 4.69) is 41.9 Å². The largest absolute Gasteiger partial charge is 0.265 e. The van der Waals surface area contributed by atoms with E-state index in [0.717, 1.165) is 35.3 Å². The third kappa shape index (κ3) is 3.08. The van der Waals surface area contributed by atoms with Gasteiger partial charge in [-0.05, 0) is 35.4 Å². The van der Waals surface area contributed by atoms with Gasteiger partial charge in [-0.1, -0.05) is 0 Å². The maximum Gasteiger partial charge on any atom is 0.232 e. The third-order valence-corrected chi connectivity index (χ3v) is 3.97. The lowest BCUT2D eigenvalue weighted by Crippen LogP contribution is -2.45. The molecule has 4 rings (SSSR count). The van der Waals surface area contributed by atoms with Crippen LogP contribution in [0.4, 0.5) is 0 Å². The van der Waals surface area contributed by atoms with Crippen molar-refractivity contribution in [1.29, 1.82) is 0 Å². The van der Waals surface area contributed by atoms with Crippen LogP contribution in [0, 0.1) is 0 Å². The van der Waals surface area contributed by atoms with Crippen LogP contribution >= 0.6 is 0 Å². The fourth-order valence-electron chi connectivity index (χ4n) is 2.67. The summed E-state index contributed by atoms with van der Waals surface area (Å²) in [5.41, 5.74) is 4.64. The molecule has 0 fully saturated rings. The van der Waals surface area contributed by atoms with Gasteiger partial charge in [0.15, 0.2) is 0 Å². The molecule has 6 heteroatoms. The first-order chi connectivity index (χ1) is 11.9. The van der Waals surface area contributed by atoms with E-state index in [1.807, 2.05) is 61.4 Å². The zero-order valence-corrected chi connectivity index (χ0v) is 13.1. The minimum Gasteiger partial charge on any atom is -0.265 e. The Bertz CT molecular complexity index is 833. The highest BCUT2D eigenvalue weighted by molar-refractivity contribution is 5.60. The molecule has 0 saturated heterocycles. The standard InChI is InChI=1S/C18H16N6/c1-5-19-6-2-15(1)17-11-21-23(13-17)9-10-24-14-18(12-22-24)16-3-7-20-8-4-16/h1-8,11-14H,9-10H2/p+2. The smallest absolute Gasteiger partial charge is 0.232 e. The fraction of sp³-hybridized carbons (Fsp3) is 0.111. The van der Waals surface area contributed by atoms with Gasteiger partial charge in [-0.25, -0.2) is 0 Å². The molecule has 24 heavy (non-hydrogen) atoms. The molecule has 0 amide bonds. The van der Waals surface area contributed by atoms with E-state index in [1.54, 1.807) is 0 Å². The van der Waals surface area contributed by atoms with Crippen LogP contribution in [0.5, 0.6) is 0 Å². The lowest BCUT2D eigenvalue weighted by Gasteiger charge is -1.91. The Hall–Kier alpha value is -3.28. The average Bonchev–Trinajstić information content (AvgIpc) is 3.31. The number of H-pyrrole nitrogens is 2. The summed E-state index contributed by atoms with van der Waals surface area (Å²) in [7, 11) is 0. The third-order valence-electron chi connectivity index (χ3n) is 3.97. The molecule has 4 aromatic rings. The van der Waals surface area contributed by atoms with Crippen molar-refractivity contribution >= 4 is 0 Å². The van der Waals surface area contributed by atoms with Crippen molar-refractivity contribution in [1.82, 2.24) is 20.2 Å². The predicted octanol–water partition coefficient (Wildman–Crippen LogP) is 1.74. The molecule has 6 nitrogen and oxygen atoms in total. The number of aromatic nitrogens is 6. The van der Waals surface area contributed by atoms with Gasteiger partial charge in [-0.2, -0.15) is 10.2 Å². The van der Waals surface area contributed by atoms with Crippen molar-refractivity contribution in [3.63, 3.8) is 0 Å². The second-order valence-electron chi connectivity index (χ2n) is 5.57. The minimum atomic E-state index is 0.853. The van der Waals surface area contributed by atoms with E-state index in [-0.39, 0.29) is 0 Å². The van der Waals surface area contributed by atoms with Crippen molar-refractivity contribution in [2.45, 2.75) is 13.1 Å². The summed E-state index contributed by atoms with van der Waals surface area (Å²) < 4.78 is 4.16. The van der Waals surface area contributed by atoms with E-state index in [4.69, 9.17) is 0 Å². The van der Waals surface area contributed by atoms with Gasteiger partial charge in [-0.15, -0.1) is 9.36 Å². The second kappa shape index (κ2) is 6.45. The molecule has 0 aromatic carbocycles. The molecular weight excluding hydrogens is 300 g/mol. The molecule has 4 aromatic heterocycles. The molecule has 0 radical (unpaired) electrons. The van der Waals surface area contributed by atoms with Crippen molar-refractivity contribution in [2.75, 3.05) is 0 Å². The SMILES string of the molecule is c1cc(-c2c[nH][n+](CC[n+]3cc(-c4ccncc4)c[nH]3)c2)ccn1. The van der Waals surface area contributed by atoms with Crippen molar-refractivity contribution in [2.24, 2.45) is 0 Å². The summed E-state index contributed by atoms with van der Waals surface area (Å²) in [6.07, 6.45) is 15.5. The predicted molar refractivity (Wildman–Crippen MR) is 88.4 cm³/mol. The second-order valence-corrected chi connectivity index (χ2v) is 5.57. The summed E-state index contributed by atoms with van der Waals surface area (Å²) in [4.78, 5) is 8.11. The average molecular weight is 318 g/mol. The zero-order valence-electron chi connectivity index (χ0n) is 13.1. The topological polar surface area (TPSA) is 65.1 Å². The van der Waals surface area contributed by atoms with Crippen LogP contribution in [0.2, 0.25) is 0 Å². The molecule has 0 aliphatic heterocycles. The molecule has 0 spiro atoms. The number of aryl methyl sites for hydroxylation is 2. The van der Waals surface area contributed by atoms with Gasteiger partial charge in [0.1, 0.15) is 0 Å². The zero-order chi connectivity index (χ0) is 16.2. The molecule has 0 unspecified atom stereocenters. The van der Waals surface area contributed by atoms with Crippen LogP contribution in [0.25, 0.3) is 22.3 Å². The molecule has 0 aliphatic rings. The molecule has 0 aliphatic carbocycles. The Morgan fingerprint density at radius 3 is 1.46 bits per heavy atom. The Kier molecular flexibility index (Phi) is 3.85. The van der Waals surface area contributed by atoms with E-state index in [9.17, 15) is 0 Å². The molecule has 0 saturated carbocycles. The van der Waals surface area contributed by atoms with Gasteiger partial charge in [0.2, 0.25) is 25.5 Å². The highest BCUT2D eigenvalue weighted by Crippen LogP contribution is 2.15. The van der Waals surface area contributed by atoms with Crippen LogP contribution in [-0.4, -0.2) is 20.2 Å². The monoisotopic (exact) mass is 318 g/mol. The maximum absolute atomic E-state index is 4.05. The van der Waals surface area contributed by atoms with Crippen LogP contribution in [0.15, 0.2) is 73.8 Å². The summed E-state index contributed by atoms with van der Waals surface area (Å²) in [5.74, 6) is 0. The van der Waals surface area contributed by atoms with Crippen molar-refractivity contribution in [3.8, 4) is 22.3 Å². The Morgan fingerprint density at radius 1 is 0.625 bits per heavy atom. The van der Waals surface area contributed by atoms with Gasteiger partial charge in [0, 0.05) is 24.8 Å². The van der Waals surface area contributed by atoms with E-state index in [1.165, 1.54) is 0 Å². The first-order valence-electron chi connectivity index (χ1n) is 7.85. The summed E-state index contributed by atoms with van der Waals surface area (Å²) >= 11 is 0. The van der Waals surface area contributed by atoms with Gasteiger partial charge in [0.05, 0.1) is 23.5 Å². The van der Waals surface area contributed by atoms with Crippen LogP contribution in [0.3, 0.4) is 0 Å².